The third-order valence-corrected chi connectivity index (χ3v) is 6.07. The second-order valence-electron chi connectivity index (χ2n) is 7.87. The Balaban J connectivity index is 0.00000156. The van der Waals surface area contributed by atoms with E-state index in [1.54, 1.807) is 0 Å². The molecule has 0 aliphatic heterocycles. The summed E-state index contributed by atoms with van der Waals surface area (Å²) in [7, 11) is 0. The van der Waals surface area contributed by atoms with Gasteiger partial charge in [-0.3, -0.25) is 4.79 Å². The maximum atomic E-state index is 12.4. The quantitative estimate of drug-likeness (QED) is 0.503. The average Bonchev–Trinajstić information content (AvgIpc) is 2.58. The lowest BCUT2D eigenvalue weighted by atomic mass is 9.69. The summed E-state index contributed by atoms with van der Waals surface area (Å²) in [6.07, 6.45) is 10.1. The van der Waals surface area contributed by atoms with Crippen LogP contribution in [0.2, 0.25) is 0 Å². The summed E-state index contributed by atoms with van der Waals surface area (Å²) in [5.41, 5.74) is 1.19. The Kier molecular flexibility index (Phi) is 5.40. The van der Waals surface area contributed by atoms with Gasteiger partial charge in [-0.2, -0.15) is 0 Å². The summed E-state index contributed by atoms with van der Waals surface area (Å²) >= 11 is 0. The maximum absolute atomic E-state index is 12.4. The Bertz CT molecular complexity index is 513. The van der Waals surface area contributed by atoms with Gasteiger partial charge in [-0.1, -0.05) is 37.5 Å². The van der Waals surface area contributed by atoms with Crippen molar-refractivity contribution in [2.75, 3.05) is 0 Å². The fourth-order valence-corrected chi connectivity index (χ4v) is 4.39. The fraction of sp³-hybridized carbons (Fsp3) is 0.667. The number of hydrogen-bond donors (Lipinski definition) is 0. The van der Waals surface area contributed by atoms with E-state index in [-0.39, 0.29) is 14.7 Å². The molecule has 0 bridgehead atoms. The van der Waals surface area contributed by atoms with Gasteiger partial charge >= 0.3 is 5.97 Å². The summed E-state index contributed by atoms with van der Waals surface area (Å²) in [6, 6.07) is 7.76. The van der Waals surface area contributed by atoms with Crippen LogP contribution in [0.1, 0.15) is 66.7 Å². The van der Waals surface area contributed by atoms with Crippen molar-refractivity contribution in [3.05, 3.63) is 29.8 Å². The van der Waals surface area contributed by atoms with Crippen molar-refractivity contribution in [3.63, 3.8) is 0 Å². The van der Waals surface area contributed by atoms with Crippen LogP contribution >= 0.6 is 0 Å². The van der Waals surface area contributed by atoms with Gasteiger partial charge in [0.05, 0.1) is 5.92 Å². The number of ether oxygens (including phenoxy) is 1. The van der Waals surface area contributed by atoms with Crippen LogP contribution in [0.15, 0.2) is 24.3 Å². The third-order valence-electron chi connectivity index (χ3n) is 6.07. The van der Waals surface area contributed by atoms with Crippen LogP contribution in [0.25, 0.3) is 0 Å². The van der Waals surface area contributed by atoms with Crippen molar-refractivity contribution in [3.8, 4) is 5.75 Å². The van der Waals surface area contributed by atoms with E-state index in [0.29, 0.717) is 5.75 Å². The number of benzene rings is 1. The molecule has 0 amide bonds. The Morgan fingerprint density at radius 2 is 1.43 bits per heavy atom. The second kappa shape index (κ2) is 7.51. The largest absolute Gasteiger partial charge is 0.426 e. The zero-order valence-electron chi connectivity index (χ0n) is 14.6. The molecule has 0 radical (unpaired) electrons. The molecule has 0 spiro atoms. The lowest BCUT2D eigenvalue weighted by Gasteiger charge is -2.36. The van der Waals surface area contributed by atoms with Gasteiger partial charge in [0.25, 0.3) is 0 Å². The molecule has 23 heavy (non-hydrogen) atoms. The highest BCUT2D eigenvalue weighted by Gasteiger charge is 2.32. The van der Waals surface area contributed by atoms with Crippen molar-refractivity contribution in [1.29, 1.82) is 0 Å². The molecule has 0 aromatic heterocycles. The first-order valence-electron chi connectivity index (χ1n) is 9.40. The topological polar surface area (TPSA) is 26.3 Å². The zero-order chi connectivity index (χ0) is 16.2. The standard InChI is InChI=1S/C21H30O2.2H2/c1-15-3-7-17(8-4-15)18-9-11-19(12-10-18)21(22)23-20-13-5-16(2)6-14-20;;/h5-6,13-15,17-19H,3-4,7-12H2,1-2H3;2*1H. The predicted octanol–water partition coefficient (Wildman–Crippen LogP) is 6.03. The molecular formula is C21H34O2. The average molecular weight is 319 g/mol. The number of carbonyl (C=O) groups excluding carboxylic acids is 1. The Hall–Kier alpha value is -1.31. The predicted molar refractivity (Wildman–Crippen MR) is 97.6 cm³/mol. The highest BCUT2D eigenvalue weighted by Crippen LogP contribution is 2.41. The van der Waals surface area contributed by atoms with Crippen molar-refractivity contribution in [2.24, 2.45) is 23.7 Å². The van der Waals surface area contributed by atoms with Crippen molar-refractivity contribution < 1.29 is 12.4 Å². The molecule has 0 atom stereocenters. The second-order valence-corrected chi connectivity index (χ2v) is 7.87. The van der Waals surface area contributed by atoms with Gasteiger partial charge in [-0.25, -0.2) is 0 Å². The van der Waals surface area contributed by atoms with Gasteiger partial charge in [0, 0.05) is 2.85 Å². The Morgan fingerprint density at radius 1 is 0.913 bits per heavy atom. The van der Waals surface area contributed by atoms with Crippen molar-refractivity contribution >= 4 is 5.97 Å². The van der Waals surface area contributed by atoms with Gasteiger partial charge in [0.15, 0.2) is 0 Å². The summed E-state index contributed by atoms with van der Waals surface area (Å²) < 4.78 is 5.56. The van der Waals surface area contributed by atoms with Crippen molar-refractivity contribution in [1.82, 2.24) is 0 Å². The van der Waals surface area contributed by atoms with E-state index < -0.39 is 0 Å². The smallest absolute Gasteiger partial charge is 0.314 e. The number of aryl methyl sites for hydroxylation is 1. The minimum atomic E-state index is -0.0235. The first-order chi connectivity index (χ1) is 11.1. The van der Waals surface area contributed by atoms with Gasteiger partial charge in [0.2, 0.25) is 0 Å². The first kappa shape index (κ1) is 16.5. The number of rotatable bonds is 3. The molecule has 1 aromatic carbocycles. The molecule has 0 saturated heterocycles. The maximum Gasteiger partial charge on any atom is 0.314 e. The number of esters is 1. The highest BCUT2D eigenvalue weighted by atomic mass is 16.5. The Morgan fingerprint density at radius 3 is 2.00 bits per heavy atom. The highest BCUT2D eigenvalue weighted by molar-refractivity contribution is 5.75. The van der Waals surface area contributed by atoms with Gasteiger partial charge in [-0.05, 0) is 75.3 Å². The molecule has 3 rings (SSSR count). The minimum Gasteiger partial charge on any atom is -0.426 e. The van der Waals surface area contributed by atoms with Crippen LogP contribution in [0.5, 0.6) is 5.75 Å². The van der Waals surface area contributed by atoms with E-state index in [1.807, 2.05) is 31.2 Å². The van der Waals surface area contributed by atoms with Gasteiger partial charge in [0.1, 0.15) is 5.75 Å². The summed E-state index contributed by atoms with van der Waals surface area (Å²) in [6.45, 7) is 4.42. The summed E-state index contributed by atoms with van der Waals surface area (Å²) in [5, 5.41) is 0. The van der Waals surface area contributed by atoms with Crippen LogP contribution < -0.4 is 4.74 Å². The monoisotopic (exact) mass is 318 g/mol. The molecule has 130 valence electrons. The molecule has 0 unspecified atom stereocenters. The van der Waals surface area contributed by atoms with Crippen LogP contribution in [-0.2, 0) is 4.79 Å². The molecule has 2 saturated carbocycles. The van der Waals surface area contributed by atoms with Crippen molar-refractivity contribution in [2.45, 2.75) is 65.2 Å². The summed E-state index contributed by atoms with van der Waals surface area (Å²) in [5.74, 6) is 3.46. The van der Waals surface area contributed by atoms with Gasteiger partial charge in [-0.15, -0.1) is 0 Å². The summed E-state index contributed by atoms with van der Waals surface area (Å²) in [4.78, 5) is 12.4. The molecule has 2 aliphatic rings. The number of carbonyl (C=O) groups is 1. The van der Waals surface area contributed by atoms with E-state index in [4.69, 9.17) is 4.74 Å². The molecular weight excluding hydrogens is 284 g/mol. The molecule has 2 aliphatic carbocycles. The lowest BCUT2D eigenvalue weighted by molar-refractivity contribution is -0.140. The van der Waals surface area contributed by atoms with Crippen LogP contribution in [0.3, 0.4) is 0 Å². The first-order valence-corrected chi connectivity index (χ1v) is 9.40. The Labute approximate surface area is 143 Å². The van der Waals surface area contributed by atoms with E-state index in [9.17, 15) is 4.79 Å². The van der Waals surface area contributed by atoms with E-state index >= 15 is 0 Å². The molecule has 0 heterocycles. The SMILES string of the molecule is Cc1ccc(OC(=O)C2CCC(C3CCC(C)CC3)CC2)cc1.[HH].[HH]. The van der Waals surface area contributed by atoms with E-state index in [2.05, 4.69) is 6.92 Å². The molecule has 1 aromatic rings. The normalized spacial score (nSPS) is 31.6. The number of hydrogen-bond acceptors (Lipinski definition) is 2. The third kappa shape index (κ3) is 4.37. The van der Waals surface area contributed by atoms with Crippen LogP contribution in [0, 0.1) is 30.6 Å². The van der Waals surface area contributed by atoms with Gasteiger partial charge < -0.3 is 4.74 Å². The minimum absolute atomic E-state index is 0. The van der Waals surface area contributed by atoms with E-state index in [0.717, 1.165) is 30.6 Å². The fourth-order valence-electron chi connectivity index (χ4n) is 4.39. The van der Waals surface area contributed by atoms with Crippen LogP contribution in [-0.4, -0.2) is 5.97 Å². The van der Waals surface area contributed by atoms with Crippen LogP contribution in [0.4, 0.5) is 0 Å². The lowest BCUT2D eigenvalue weighted by Crippen LogP contribution is -2.29. The molecule has 2 heteroatoms. The molecule has 0 N–H and O–H groups in total. The van der Waals surface area contributed by atoms with E-state index in [1.165, 1.54) is 44.1 Å². The zero-order valence-corrected chi connectivity index (χ0v) is 14.6. The molecule has 2 nitrogen and oxygen atoms in total. The molecule has 2 fully saturated rings.